The second kappa shape index (κ2) is 13.2. The lowest BCUT2D eigenvalue weighted by Crippen LogP contribution is -2.48. The third kappa shape index (κ3) is 7.14. The molecule has 3 aromatic carbocycles. The van der Waals surface area contributed by atoms with Crippen LogP contribution in [-0.4, -0.2) is 39.7 Å². The maximum atomic E-state index is 13.0. The maximum absolute atomic E-state index is 13.0. The molecule has 1 atom stereocenters. The molecule has 0 aliphatic carbocycles. The van der Waals surface area contributed by atoms with Crippen LogP contribution in [0.3, 0.4) is 0 Å². The first-order valence-corrected chi connectivity index (χ1v) is 14.0. The summed E-state index contributed by atoms with van der Waals surface area (Å²) in [5.74, 6) is 0.148. The molecule has 1 unspecified atom stereocenters. The lowest BCUT2D eigenvalue weighted by Gasteiger charge is -2.33. The van der Waals surface area contributed by atoms with Crippen LogP contribution in [0.4, 0.5) is 4.79 Å². The van der Waals surface area contributed by atoms with E-state index in [1.54, 1.807) is 6.26 Å². The Hall–Kier alpha value is -4.59. The van der Waals surface area contributed by atoms with Gasteiger partial charge in [-0.1, -0.05) is 61.9 Å². The quantitative estimate of drug-likeness (QED) is 0.227. The van der Waals surface area contributed by atoms with E-state index in [1.165, 1.54) is 10.5 Å². The van der Waals surface area contributed by atoms with E-state index in [9.17, 15) is 14.7 Å². The molecule has 1 N–H and O–H groups in total. The van der Waals surface area contributed by atoms with E-state index in [-0.39, 0.29) is 19.6 Å². The van der Waals surface area contributed by atoms with Crippen molar-refractivity contribution in [3.63, 3.8) is 0 Å². The predicted octanol–water partition coefficient (Wildman–Crippen LogP) is 6.45. The largest absolute Gasteiger partial charge is 0.493 e. The van der Waals surface area contributed by atoms with Crippen LogP contribution in [0, 0.1) is 0 Å². The van der Waals surface area contributed by atoms with Crippen LogP contribution >= 0.6 is 0 Å². The molecule has 0 radical (unpaired) electrons. The second-order valence-electron chi connectivity index (χ2n) is 10.2. The molecule has 1 aromatic heterocycles. The second-order valence-corrected chi connectivity index (χ2v) is 10.2. The van der Waals surface area contributed by atoms with Gasteiger partial charge < -0.3 is 19.0 Å². The molecule has 8 nitrogen and oxygen atoms in total. The molecule has 1 aliphatic rings. The Balaban J connectivity index is 1.18. The average Bonchev–Trinajstić information content (AvgIpc) is 3.48. The van der Waals surface area contributed by atoms with Crippen molar-refractivity contribution in [3.05, 3.63) is 107 Å². The summed E-state index contributed by atoms with van der Waals surface area (Å²) in [6.45, 7) is 2.76. The molecule has 0 bridgehead atoms. The summed E-state index contributed by atoms with van der Waals surface area (Å²) in [7, 11) is 0. The number of amides is 1. The molecule has 0 saturated heterocycles. The number of fused-ring (bicyclic) bond motifs is 1. The first-order chi connectivity index (χ1) is 20.0. The Morgan fingerprint density at radius 3 is 2.54 bits per heavy atom. The summed E-state index contributed by atoms with van der Waals surface area (Å²) in [6, 6.07) is 22.2. The van der Waals surface area contributed by atoms with Crippen LogP contribution in [0.5, 0.6) is 5.75 Å². The van der Waals surface area contributed by atoms with Crippen molar-refractivity contribution in [2.75, 3.05) is 6.61 Å². The van der Waals surface area contributed by atoms with Crippen LogP contribution in [-0.2, 0) is 41.9 Å². The van der Waals surface area contributed by atoms with Gasteiger partial charge in [0.15, 0.2) is 0 Å². The van der Waals surface area contributed by atoms with E-state index in [1.807, 2.05) is 72.8 Å². The molecule has 212 valence electrons. The zero-order chi connectivity index (χ0) is 28.6. The Kier molecular flexibility index (Phi) is 8.98. The molecular weight excluding hydrogens is 520 g/mol. The lowest BCUT2D eigenvalue weighted by molar-refractivity contribution is -0.143. The Labute approximate surface area is 239 Å². The topological polar surface area (TPSA) is 102 Å². The number of rotatable bonds is 11. The summed E-state index contributed by atoms with van der Waals surface area (Å²) in [5, 5.41) is 9.84. The van der Waals surface area contributed by atoms with Gasteiger partial charge in [-0.3, -0.25) is 4.90 Å². The minimum absolute atomic E-state index is 0.0831. The van der Waals surface area contributed by atoms with Gasteiger partial charge >= 0.3 is 12.1 Å². The van der Waals surface area contributed by atoms with Gasteiger partial charge in [0.1, 0.15) is 24.7 Å². The number of carbonyl (C=O) groups excluding carboxylic acids is 1. The highest BCUT2D eigenvalue weighted by atomic mass is 16.6. The maximum Gasteiger partial charge on any atom is 0.411 e. The van der Waals surface area contributed by atoms with Crippen LogP contribution in [0.1, 0.15) is 47.7 Å². The highest BCUT2D eigenvalue weighted by Gasteiger charge is 2.35. The Morgan fingerprint density at radius 2 is 1.78 bits per heavy atom. The molecule has 1 aliphatic heterocycles. The minimum Gasteiger partial charge on any atom is -0.493 e. The van der Waals surface area contributed by atoms with Gasteiger partial charge in [0.25, 0.3) is 0 Å². The molecule has 0 saturated carbocycles. The number of ether oxygens (including phenoxy) is 2. The third-order valence-corrected chi connectivity index (χ3v) is 7.23. The fraction of sp³-hybridized carbons (Fsp3) is 0.303. The van der Waals surface area contributed by atoms with Gasteiger partial charge in [0.2, 0.25) is 5.89 Å². The molecule has 41 heavy (non-hydrogen) atoms. The number of carbonyl (C=O) groups is 2. The van der Waals surface area contributed by atoms with Gasteiger partial charge in [-0.25, -0.2) is 14.6 Å². The van der Waals surface area contributed by atoms with E-state index >= 15 is 0 Å². The standard InChI is InChI=1S/C33H34N2O6/c1-2-3-7-23-10-12-24(13-11-23)21-41-33(38)35-20-27-18-29(15-14-26(27)19-30(35)32(36)37)39-17-16-28-22-40-31(34-28)25-8-5-4-6-9-25/h4-6,8-15,18,22,30H,2-3,7,16-17,19-21H2,1H3,(H,36,37). The van der Waals surface area contributed by atoms with E-state index in [0.29, 0.717) is 24.7 Å². The average molecular weight is 555 g/mol. The van der Waals surface area contributed by atoms with E-state index in [0.717, 1.165) is 47.2 Å². The minimum atomic E-state index is -1.06. The summed E-state index contributed by atoms with van der Waals surface area (Å²) in [4.78, 5) is 30.9. The molecular formula is C33H34N2O6. The van der Waals surface area contributed by atoms with E-state index < -0.39 is 18.1 Å². The summed E-state index contributed by atoms with van der Waals surface area (Å²) in [6.07, 6.45) is 5.03. The zero-order valence-corrected chi connectivity index (χ0v) is 23.1. The molecule has 5 rings (SSSR count). The first kappa shape index (κ1) is 28.0. The lowest BCUT2D eigenvalue weighted by atomic mass is 9.94. The van der Waals surface area contributed by atoms with Crippen molar-refractivity contribution in [1.82, 2.24) is 9.88 Å². The molecule has 1 amide bonds. The van der Waals surface area contributed by atoms with Gasteiger partial charge in [-0.2, -0.15) is 0 Å². The summed E-state index contributed by atoms with van der Waals surface area (Å²) in [5.41, 5.74) is 5.52. The SMILES string of the molecule is CCCCc1ccc(COC(=O)N2Cc3cc(OCCc4coc(-c5ccccc5)n4)ccc3CC2C(=O)O)cc1. The van der Waals surface area contributed by atoms with Crippen LogP contribution < -0.4 is 4.74 Å². The van der Waals surface area contributed by atoms with Gasteiger partial charge in [-0.15, -0.1) is 0 Å². The number of hydrogen-bond acceptors (Lipinski definition) is 6. The van der Waals surface area contributed by atoms with Crippen molar-refractivity contribution >= 4 is 12.1 Å². The number of oxazole rings is 1. The summed E-state index contributed by atoms with van der Waals surface area (Å²) >= 11 is 0. The number of carboxylic acids is 1. The normalized spacial score (nSPS) is 14.4. The number of unbranched alkanes of at least 4 members (excludes halogenated alkanes) is 1. The predicted molar refractivity (Wildman–Crippen MR) is 153 cm³/mol. The van der Waals surface area contributed by atoms with Crippen LogP contribution in [0.2, 0.25) is 0 Å². The highest BCUT2D eigenvalue weighted by Crippen LogP contribution is 2.28. The summed E-state index contributed by atoms with van der Waals surface area (Å²) < 4.78 is 17.1. The zero-order valence-electron chi connectivity index (χ0n) is 23.1. The van der Waals surface area contributed by atoms with E-state index in [4.69, 9.17) is 13.9 Å². The fourth-order valence-electron chi connectivity index (χ4n) is 4.88. The van der Waals surface area contributed by atoms with Crippen LogP contribution in [0.25, 0.3) is 11.5 Å². The molecule has 4 aromatic rings. The number of nitrogens with zero attached hydrogens (tertiary/aromatic N) is 2. The first-order valence-electron chi connectivity index (χ1n) is 14.0. The smallest absolute Gasteiger partial charge is 0.411 e. The number of carboxylic acid groups (broad SMARTS) is 1. The number of aryl methyl sites for hydroxylation is 1. The molecule has 2 heterocycles. The highest BCUT2D eigenvalue weighted by molar-refractivity contribution is 5.81. The molecule has 8 heteroatoms. The molecule has 0 spiro atoms. The van der Waals surface area contributed by atoms with Crippen molar-refractivity contribution in [2.24, 2.45) is 0 Å². The van der Waals surface area contributed by atoms with Gasteiger partial charge in [0.05, 0.1) is 18.8 Å². The number of aliphatic carboxylic acids is 1. The van der Waals surface area contributed by atoms with Crippen molar-refractivity contribution < 1.29 is 28.6 Å². The van der Waals surface area contributed by atoms with Crippen LogP contribution in [0.15, 0.2) is 83.5 Å². The van der Waals surface area contributed by atoms with E-state index in [2.05, 4.69) is 11.9 Å². The third-order valence-electron chi connectivity index (χ3n) is 7.23. The van der Waals surface area contributed by atoms with Crippen molar-refractivity contribution in [3.8, 4) is 17.2 Å². The fourth-order valence-corrected chi connectivity index (χ4v) is 4.88. The van der Waals surface area contributed by atoms with Gasteiger partial charge in [0, 0.05) is 18.4 Å². The Morgan fingerprint density at radius 1 is 1.00 bits per heavy atom. The van der Waals surface area contributed by atoms with Crippen molar-refractivity contribution in [1.29, 1.82) is 0 Å². The number of benzene rings is 3. The van der Waals surface area contributed by atoms with Gasteiger partial charge in [-0.05, 0) is 59.4 Å². The molecule has 0 fully saturated rings. The monoisotopic (exact) mass is 554 g/mol. The van der Waals surface area contributed by atoms with Crippen molar-refractivity contribution in [2.45, 2.75) is 58.2 Å². The number of aromatic nitrogens is 1. The number of hydrogen-bond donors (Lipinski definition) is 1. The Bertz CT molecular complexity index is 1460.